The van der Waals surface area contributed by atoms with E-state index in [4.69, 9.17) is 9.47 Å². The van der Waals surface area contributed by atoms with E-state index in [9.17, 15) is 4.79 Å². The van der Waals surface area contributed by atoms with Crippen LogP contribution in [-0.2, 0) is 4.79 Å². The third-order valence-corrected chi connectivity index (χ3v) is 5.88. The van der Waals surface area contributed by atoms with Gasteiger partial charge in [-0.05, 0) is 47.9 Å². The number of rotatable bonds is 7. The Bertz CT molecular complexity index is 1060. The molecular weight excluding hydrogens is 416 g/mol. The Kier molecular flexibility index (Phi) is 7.07. The van der Waals surface area contributed by atoms with E-state index in [0.29, 0.717) is 32.1 Å². The molecule has 1 amide bonds. The minimum absolute atomic E-state index is 0.00189. The summed E-state index contributed by atoms with van der Waals surface area (Å²) in [4.78, 5) is 16.6. The molecule has 4 rings (SSSR count). The molecule has 1 fully saturated rings. The molecule has 0 atom stereocenters. The largest absolute Gasteiger partial charge is 0.497 e. The monoisotopic (exact) mass is 446 g/mol. The molecule has 33 heavy (non-hydrogen) atoms. The van der Waals surface area contributed by atoms with Gasteiger partial charge in [0, 0.05) is 31.7 Å². The van der Waals surface area contributed by atoms with Gasteiger partial charge in [0.2, 0.25) is 0 Å². The Balaban J connectivity index is 1.28. The highest BCUT2D eigenvalue weighted by Crippen LogP contribution is 2.23. The van der Waals surface area contributed by atoms with Crippen molar-refractivity contribution in [3.63, 3.8) is 0 Å². The molecule has 7 nitrogen and oxygen atoms in total. The maximum absolute atomic E-state index is 12.6. The molecule has 0 bridgehead atoms. The number of benzene rings is 2. The Labute approximate surface area is 195 Å². The van der Waals surface area contributed by atoms with E-state index < -0.39 is 0 Å². The minimum atomic E-state index is 0.00189. The minimum Gasteiger partial charge on any atom is -0.497 e. The first-order chi connectivity index (χ1) is 16.0. The van der Waals surface area contributed by atoms with E-state index in [1.807, 2.05) is 65.6 Å². The fourth-order valence-corrected chi connectivity index (χ4v) is 3.80. The van der Waals surface area contributed by atoms with Gasteiger partial charge in [-0.1, -0.05) is 38.1 Å². The highest BCUT2D eigenvalue weighted by molar-refractivity contribution is 5.78. The smallest absolute Gasteiger partial charge is 0.260 e. The summed E-state index contributed by atoms with van der Waals surface area (Å²) in [5, 5.41) is 8.79. The SMILES string of the molecule is COc1cccc(-c2ccc(N3CCN(C(=O)COc4ccc(C(C)C)cc4)CC3)nn2)c1. The molecule has 0 saturated carbocycles. The first-order valence-electron chi connectivity index (χ1n) is 11.3. The summed E-state index contributed by atoms with van der Waals surface area (Å²) in [6.07, 6.45) is 0. The summed E-state index contributed by atoms with van der Waals surface area (Å²) in [5.74, 6) is 2.80. The molecule has 3 aromatic rings. The average Bonchev–Trinajstić information content (AvgIpc) is 2.87. The predicted octanol–water partition coefficient (Wildman–Crippen LogP) is 4.00. The molecular formula is C26H30N4O3. The first-order valence-corrected chi connectivity index (χ1v) is 11.3. The number of hydrogen-bond acceptors (Lipinski definition) is 6. The summed E-state index contributed by atoms with van der Waals surface area (Å²) in [6.45, 7) is 7.04. The van der Waals surface area contributed by atoms with Crippen molar-refractivity contribution in [1.29, 1.82) is 0 Å². The van der Waals surface area contributed by atoms with Crippen molar-refractivity contribution in [3.8, 4) is 22.8 Å². The van der Waals surface area contributed by atoms with E-state index in [-0.39, 0.29) is 12.5 Å². The Morgan fingerprint density at radius 2 is 1.70 bits per heavy atom. The molecule has 0 unspecified atom stereocenters. The number of anilines is 1. The summed E-state index contributed by atoms with van der Waals surface area (Å²) in [5.41, 5.74) is 3.01. The molecule has 1 aliphatic rings. The molecule has 1 aliphatic heterocycles. The van der Waals surface area contributed by atoms with Gasteiger partial charge in [0.15, 0.2) is 12.4 Å². The second-order valence-electron chi connectivity index (χ2n) is 8.39. The third-order valence-electron chi connectivity index (χ3n) is 5.88. The van der Waals surface area contributed by atoms with Crippen molar-refractivity contribution in [2.75, 3.05) is 44.8 Å². The van der Waals surface area contributed by atoms with Gasteiger partial charge in [0.25, 0.3) is 5.91 Å². The van der Waals surface area contributed by atoms with E-state index in [2.05, 4.69) is 28.9 Å². The topological polar surface area (TPSA) is 67.8 Å². The fourth-order valence-electron chi connectivity index (χ4n) is 3.80. The van der Waals surface area contributed by atoms with Crippen LogP contribution in [-0.4, -0.2) is 60.9 Å². The lowest BCUT2D eigenvalue weighted by atomic mass is 10.0. The van der Waals surface area contributed by atoms with Crippen LogP contribution in [0.3, 0.4) is 0 Å². The molecule has 2 heterocycles. The first kappa shape index (κ1) is 22.6. The van der Waals surface area contributed by atoms with Crippen LogP contribution in [0, 0.1) is 0 Å². The van der Waals surface area contributed by atoms with Crippen LogP contribution in [0.25, 0.3) is 11.3 Å². The Hall–Kier alpha value is -3.61. The summed E-state index contributed by atoms with van der Waals surface area (Å²) in [7, 11) is 1.65. The standard InChI is InChI=1S/C26H30N4O3/c1-19(2)20-7-9-22(10-8-20)33-18-26(31)30-15-13-29(14-16-30)25-12-11-24(27-28-25)21-5-4-6-23(17-21)32-3/h4-12,17,19H,13-16,18H2,1-3H3. The van der Waals surface area contributed by atoms with Gasteiger partial charge in [0.05, 0.1) is 12.8 Å². The number of methoxy groups -OCH3 is 1. The van der Waals surface area contributed by atoms with Crippen molar-refractivity contribution in [3.05, 3.63) is 66.2 Å². The number of nitrogens with zero attached hydrogens (tertiary/aromatic N) is 4. The van der Waals surface area contributed by atoms with Crippen LogP contribution in [0.15, 0.2) is 60.7 Å². The van der Waals surface area contributed by atoms with Gasteiger partial charge in [-0.2, -0.15) is 0 Å². The number of aromatic nitrogens is 2. The summed E-state index contributed by atoms with van der Waals surface area (Å²) < 4.78 is 11.0. The van der Waals surface area contributed by atoms with Gasteiger partial charge < -0.3 is 19.3 Å². The van der Waals surface area contributed by atoms with E-state index in [1.54, 1.807) is 7.11 Å². The van der Waals surface area contributed by atoms with Gasteiger partial charge in [-0.25, -0.2) is 0 Å². The number of piperazine rings is 1. The zero-order valence-electron chi connectivity index (χ0n) is 19.4. The Morgan fingerprint density at radius 1 is 0.939 bits per heavy atom. The number of carbonyl (C=O) groups is 1. The molecule has 0 N–H and O–H groups in total. The van der Waals surface area contributed by atoms with Crippen LogP contribution >= 0.6 is 0 Å². The third kappa shape index (κ3) is 5.61. The lowest BCUT2D eigenvalue weighted by Crippen LogP contribution is -2.50. The van der Waals surface area contributed by atoms with Crippen LogP contribution in [0.1, 0.15) is 25.3 Å². The van der Waals surface area contributed by atoms with Crippen LogP contribution in [0.4, 0.5) is 5.82 Å². The molecule has 0 aliphatic carbocycles. The molecule has 7 heteroatoms. The molecule has 0 radical (unpaired) electrons. The zero-order valence-corrected chi connectivity index (χ0v) is 19.4. The van der Waals surface area contributed by atoms with Crippen molar-refractivity contribution < 1.29 is 14.3 Å². The highest BCUT2D eigenvalue weighted by Gasteiger charge is 2.22. The second kappa shape index (κ2) is 10.3. The maximum Gasteiger partial charge on any atom is 0.260 e. The lowest BCUT2D eigenvalue weighted by molar-refractivity contribution is -0.133. The molecule has 0 spiro atoms. The normalized spacial score (nSPS) is 13.8. The zero-order chi connectivity index (χ0) is 23.2. The fraction of sp³-hybridized carbons (Fsp3) is 0.346. The summed E-state index contributed by atoms with van der Waals surface area (Å²) >= 11 is 0. The predicted molar refractivity (Wildman–Crippen MR) is 129 cm³/mol. The van der Waals surface area contributed by atoms with Crippen molar-refractivity contribution >= 4 is 11.7 Å². The van der Waals surface area contributed by atoms with Crippen molar-refractivity contribution in [2.45, 2.75) is 19.8 Å². The van der Waals surface area contributed by atoms with Crippen LogP contribution in [0.2, 0.25) is 0 Å². The molecule has 1 aromatic heterocycles. The van der Waals surface area contributed by atoms with Gasteiger partial charge in [-0.3, -0.25) is 4.79 Å². The summed E-state index contributed by atoms with van der Waals surface area (Å²) in [6, 6.07) is 19.6. The number of hydrogen-bond donors (Lipinski definition) is 0. The van der Waals surface area contributed by atoms with E-state index in [1.165, 1.54) is 5.56 Å². The number of ether oxygens (including phenoxy) is 2. The van der Waals surface area contributed by atoms with Gasteiger partial charge in [0.1, 0.15) is 11.5 Å². The number of carbonyl (C=O) groups excluding carboxylic acids is 1. The second-order valence-corrected chi connectivity index (χ2v) is 8.39. The van der Waals surface area contributed by atoms with Gasteiger partial charge in [-0.15, -0.1) is 10.2 Å². The van der Waals surface area contributed by atoms with Gasteiger partial charge >= 0.3 is 0 Å². The van der Waals surface area contributed by atoms with E-state index in [0.717, 1.165) is 28.6 Å². The molecule has 1 saturated heterocycles. The average molecular weight is 447 g/mol. The lowest BCUT2D eigenvalue weighted by Gasteiger charge is -2.35. The van der Waals surface area contributed by atoms with Crippen LogP contribution in [0.5, 0.6) is 11.5 Å². The highest BCUT2D eigenvalue weighted by atomic mass is 16.5. The van der Waals surface area contributed by atoms with Crippen molar-refractivity contribution in [2.24, 2.45) is 0 Å². The quantitative estimate of drug-likeness (QED) is 0.546. The van der Waals surface area contributed by atoms with Crippen LogP contribution < -0.4 is 14.4 Å². The number of amides is 1. The molecule has 172 valence electrons. The molecule has 2 aromatic carbocycles. The van der Waals surface area contributed by atoms with E-state index >= 15 is 0 Å². The Morgan fingerprint density at radius 3 is 2.33 bits per heavy atom. The van der Waals surface area contributed by atoms with Crippen molar-refractivity contribution in [1.82, 2.24) is 15.1 Å². The maximum atomic E-state index is 12.6.